The van der Waals surface area contributed by atoms with Crippen LogP contribution >= 0.6 is 27.5 Å². The Kier molecular flexibility index (Phi) is 4.33. The molecule has 0 saturated carbocycles. The van der Waals surface area contributed by atoms with Crippen LogP contribution in [0.1, 0.15) is 6.42 Å². The molecule has 0 bridgehead atoms. The molecule has 0 unspecified atom stereocenters. The van der Waals surface area contributed by atoms with Gasteiger partial charge in [0.05, 0.1) is 11.6 Å². The van der Waals surface area contributed by atoms with Gasteiger partial charge < -0.3 is 5.32 Å². The molecule has 0 spiro atoms. The minimum absolute atomic E-state index is 0.0936. The van der Waals surface area contributed by atoms with Crippen molar-refractivity contribution < 1.29 is 4.79 Å². The predicted octanol–water partition coefficient (Wildman–Crippen LogP) is 2.72. The Hall–Kier alpha value is -1.40. The van der Waals surface area contributed by atoms with E-state index in [2.05, 4.69) is 31.3 Å². The molecule has 0 aliphatic carbocycles. The summed E-state index contributed by atoms with van der Waals surface area (Å²) in [6.45, 7) is 0.496. The van der Waals surface area contributed by atoms with Gasteiger partial charge in [0.15, 0.2) is 0 Å². The minimum Gasteiger partial charge on any atom is -0.326 e. The van der Waals surface area contributed by atoms with Crippen molar-refractivity contribution in [1.82, 2.24) is 14.8 Å². The molecule has 1 heterocycles. The molecule has 94 valence electrons. The third-order valence-electron chi connectivity index (χ3n) is 2.24. The van der Waals surface area contributed by atoms with Crippen LogP contribution in [0.4, 0.5) is 5.69 Å². The first-order valence-electron chi connectivity index (χ1n) is 5.22. The first kappa shape index (κ1) is 13.0. The van der Waals surface area contributed by atoms with Crippen molar-refractivity contribution in [1.29, 1.82) is 0 Å². The molecule has 2 rings (SSSR count). The number of aromatic nitrogens is 3. The molecule has 0 radical (unpaired) electrons. The molecular weight excluding hydrogens is 320 g/mol. The molecule has 1 amide bonds. The zero-order valence-corrected chi connectivity index (χ0v) is 11.6. The van der Waals surface area contributed by atoms with Gasteiger partial charge in [-0.3, -0.25) is 9.48 Å². The Morgan fingerprint density at radius 2 is 2.33 bits per heavy atom. The van der Waals surface area contributed by atoms with Crippen LogP contribution < -0.4 is 5.32 Å². The van der Waals surface area contributed by atoms with E-state index >= 15 is 0 Å². The number of halogens is 2. The summed E-state index contributed by atoms with van der Waals surface area (Å²) in [6.07, 6.45) is 3.34. The quantitative estimate of drug-likeness (QED) is 0.938. The molecule has 18 heavy (non-hydrogen) atoms. The lowest BCUT2D eigenvalue weighted by atomic mass is 10.3. The fourth-order valence-corrected chi connectivity index (χ4v) is 1.79. The summed E-state index contributed by atoms with van der Waals surface area (Å²) < 4.78 is 2.40. The van der Waals surface area contributed by atoms with Crippen LogP contribution in [-0.2, 0) is 11.3 Å². The molecule has 5 nitrogen and oxygen atoms in total. The summed E-state index contributed by atoms with van der Waals surface area (Å²) in [5.74, 6) is -0.0936. The number of amides is 1. The van der Waals surface area contributed by atoms with Crippen molar-refractivity contribution in [2.24, 2.45) is 0 Å². The van der Waals surface area contributed by atoms with Crippen LogP contribution in [-0.4, -0.2) is 20.7 Å². The van der Waals surface area contributed by atoms with E-state index in [4.69, 9.17) is 11.6 Å². The Morgan fingerprint density at radius 1 is 1.50 bits per heavy atom. The number of nitrogens with zero attached hydrogens (tertiary/aromatic N) is 3. The molecule has 0 atom stereocenters. The number of nitrogens with one attached hydrogen (secondary N) is 1. The highest BCUT2D eigenvalue weighted by molar-refractivity contribution is 9.10. The number of hydrogen-bond acceptors (Lipinski definition) is 3. The highest BCUT2D eigenvalue weighted by Crippen LogP contribution is 2.25. The van der Waals surface area contributed by atoms with Gasteiger partial charge in [-0.05, 0) is 34.1 Å². The first-order valence-corrected chi connectivity index (χ1v) is 6.39. The second-order valence-electron chi connectivity index (χ2n) is 3.59. The van der Waals surface area contributed by atoms with E-state index in [1.165, 1.54) is 6.33 Å². The fourth-order valence-electron chi connectivity index (χ4n) is 1.36. The second-order valence-corrected chi connectivity index (χ2v) is 4.85. The van der Waals surface area contributed by atoms with E-state index in [-0.39, 0.29) is 5.91 Å². The Bertz CT molecular complexity index is 544. The topological polar surface area (TPSA) is 59.8 Å². The van der Waals surface area contributed by atoms with Gasteiger partial charge in [0, 0.05) is 16.6 Å². The maximum Gasteiger partial charge on any atom is 0.226 e. The van der Waals surface area contributed by atoms with Crippen molar-refractivity contribution in [2.75, 3.05) is 5.32 Å². The lowest BCUT2D eigenvalue weighted by Crippen LogP contribution is -2.14. The number of carbonyl (C=O) groups excluding carboxylic acids is 1. The molecule has 0 aliphatic heterocycles. The van der Waals surface area contributed by atoms with Crippen LogP contribution in [0.5, 0.6) is 0 Å². The molecule has 1 N–H and O–H groups in total. The summed E-state index contributed by atoms with van der Waals surface area (Å²) in [5, 5.41) is 7.25. The number of carbonyl (C=O) groups is 1. The fraction of sp³-hybridized carbons (Fsp3) is 0.182. The molecule has 2 aromatic rings. The first-order chi connectivity index (χ1) is 8.65. The highest BCUT2D eigenvalue weighted by atomic mass is 79.9. The average Bonchev–Trinajstić information content (AvgIpc) is 2.84. The standard InChI is InChI=1S/C11H10BrClN4O/c12-9-2-1-8(5-10(9)13)16-11(18)3-4-17-7-14-6-15-17/h1-2,5-7H,3-4H2,(H,16,18). The highest BCUT2D eigenvalue weighted by Gasteiger charge is 2.05. The largest absolute Gasteiger partial charge is 0.326 e. The number of rotatable bonds is 4. The van der Waals surface area contributed by atoms with Crippen LogP contribution in [0.25, 0.3) is 0 Å². The van der Waals surface area contributed by atoms with E-state index in [1.807, 2.05) is 0 Å². The van der Waals surface area contributed by atoms with Gasteiger partial charge in [-0.15, -0.1) is 0 Å². The van der Waals surface area contributed by atoms with E-state index in [0.29, 0.717) is 23.7 Å². The van der Waals surface area contributed by atoms with Gasteiger partial charge in [0.1, 0.15) is 12.7 Å². The smallest absolute Gasteiger partial charge is 0.226 e. The second kappa shape index (κ2) is 5.97. The summed E-state index contributed by atoms with van der Waals surface area (Å²) >= 11 is 9.22. The summed E-state index contributed by atoms with van der Waals surface area (Å²) in [4.78, 5) is 15.5. The molecule has 0 saturated heterocycles. The Morgan fingerprint density at radius 3 is 3.00 bits per heavy atom. The number of aryl methyl sites for hydroxylation is 1. The molecular formula is C11H10BrClN4O. The number of benzene rings is 1. The normalized spacial score (nSPS) is 10.3. The zero-order chi connectivity index (χ0) is 13.0. The summed E-state index contributed by atoms with van der Waals surface area (Å²) in [6, 6.07) is 5.26. The van der Waals surface area contributed by atoms with E-state index in [0.717, 1.165) is 4.47 Å². The van der Waals surface area contributed by atoms with Gasteiger partial charge in [-0.1, -0.05) is 11.6 Å². The lowest BCUT2D eigenvalue weighted by molar-refractivity contribution is -0.116. The van der Waals surface area contributed by atoms with E-state index in [9.17, 15) is 4.79 Å². The summed E-state index contributed by atoms with van der Waals surface area (Å²) in [7, 11) is 0. The molecule has 0 aliphatic rings. The molecule has 1 aromatic heterocycles. The van der Waals surface area contributed by atoms with Crippen molar-refractivity contribution in [3.05, 3.63) is 40.3 Å². The minimum atomic E-state index is -0.0936. The maximum atomic E-state index is 11.7. The molecule has 1 aromatic carbocycles. The molecule has 0 fully saturated rings. The van der Waals surface area contributed by atoms with Crippen molar-refractivity contribution in [3.63, 3.8) is 0 Å². The van der Waals surface area contributed by atoms with Gasteiger partial charge >= 0.3 is 0 Å². The molecule has 7 heteroatoms. The van der Waals surface area contributed by atoms with Gasteiger partial charge in [0.25, 0.3) is 0 Å². The van der Waals surface area contributed by atoms with Gasteiger partial charge in [0.2, 0.25) is 5.91 Å². The third kappa shape index (κ3) is 3.54. The summed E-state index contributed by atoms with van der Waals surface area (Å²) in [5.41, 5.74) is 0.673. The van der Waals surface area contributed by atoms with Crippen molar-refractivity contribution in [3.8, 4) is 0 Å². The average molecular weight is 330 g/mol. The predicted molar refractivity (Wildman–Crippen MR) is 72.4 cm³/mol. The van der Waals surface area contributed by atoms with Crippen LogP contribution in [0.2, 0.25) is 5.02 Å². The van der Waals surface area contributed by atoms with Gasteiger partial charge in [-0.2, -0.15) is 5.10 Å². The Balaban J connectivity index is 1.88. The van der Waals surface area contributed by atoms with Crippen LogP contribution in [0.15, 0.2) is 35.3 Å². The maximum absolute atomic E-state index is 11.7. The van der Waals surface area contributed by atoms with Gasteiger partial charge in [-0.25, -0.2) is 4.98 Å². The van der Waals surface area contributed by atoms with Crippen LogP contribution in [0, 0.1) is 0 Å². The zero-order valence-electron chi connectivity index (χ0n) is 9.31. The lowest BCUT2D eigenvalue weighted by Gasteiger charge is -2.06. The number of hydrogen-bond donors (Lipinski definition) is 1. The van der Waals surface area contributed by atoms with E-state index in [1.54, 1.807) is 29.2 Å². The monoisotopic (exact) mass is 328 g/mol. The van der Waals surface area contributed by atoms with E-state index < -0.39 is 0 Å². The number of anilines is 1. The third-order valence-corrected chi connectivity index (χ3v) is 3.47. The Labute approximate surface area is 117 Å². The SMILES string of the molecule is O=C(CCn1cncn1)Nc1ccc(Br)c(Cl)c1. The van der Waals surface area contributed by atoms with Crippen molar-refractivity contribution in [2.45, 2.75) is 13.0 Å². The van der Waals surface area contributed by atoms with Crippen LogP contribution in [0.3, 0.4) is 0 Å². The van der Waals surface area contributed by atoms with Crippen molar-refractivity contribution >= 4 is 39.1 Å².